The number of nitrogens with one attached hydrogen (secondary N) is 2. The lowest BCUT2D eigenvalue weighted by molar-refractivity contribution is 0.1000. The summed E-state index contributed by atoms with van der Waals surface area (Å²) in [6.45, 7) is 8.60. The lowest BCUT2D eigenvalue weighted by Crippen LogP contribution is -2.40. The van der Waals surface area contributed by atoms with Crippen LogP contribution in [-0.4, -0.2) is 36.7 Å². The van der Waals surface area contributed by atoms with Gasteiger partial charge in [0.15, 0.2) is 5.96 Å². The number of hydrogen-bond acceptors (Lipinski definition) is 3. The predicted molar refractivity (Wildman–Crippen MR) is 118 cm³/mol. The molecule has 6 nitrogen and oxygen atoms in total. The SMILES string of the molecule is CCNC(=NCc1cccc(C(N)=O)c1)NCC(CCO)CC(C)C.I. The van der Waals surface area contributed by atoms with E-state index in [1.165, 1.54) is 0 Å². The summed E-state index contributed by atoms with van der Waals surface area (Å²) in [6, 6.07) is 7.20. The summed E-state index contributed by atoms with van der Waals surface area (Å²) in [7, 11) is 0. The van der Waals surface area contributed by atoms with E-state index in [2.05, 4.69) is 29.5 Å². The third-order valence-corrected chi connectivity index (χ3v) is 3.88. The Morgan fingerprint density at radius 1 is 1.31 bits per heavy atom. The Labute approximate surface area is 174 Å². The predicted octanol–water partition coefficient (Wildman–Crippen LogP) is 2.50. The number of amides is 1. The molecular formula is C19H33IN4O2. The minimum atomic E-state index is -0.434. The van der Waals surface area contributed by atoms with E-state index >= 15 is 0 Å². The first-order valence-electron chi connectivity index (χ1n) is 8.98. The molecule has 26 heavy (non-hydrogen) atoms. The van der Waals surface area contributed by atoms with Gasteiger partial charge in [-0.2, -0.15) is 0 Å². The van der Waals surface area contributed by atoms with Crippen LogP contribution in [0.4, 0.5) is 0 Å². The highest BCUT2D eigenvalue weighted by Crippen LogP contribution is 2.14. The molecule has 1 aromatic carbocycles. The average Bonchev–Trinajstić information content (AvgIpc) is 2.57. The minimum Gasteiger partial charge on any atom is -0.396 e. The molecule has 0 radical (unpaired) electrons. The quantitative estimate of drug-likeness (QED) is 0.237. The number of guanidine groups is 1. The van der Waals surface area contributed by atoms with Crippen LogP contribution >= 0.6 is 24.0 Å². The van der Waals surface area contributed by atoms with Crippen molar-refractivity contribution in [3.8, 4) is 0 Å². The highest BCUT2D eigenvalue weighted by atomic mass is 127. The van der Waals surface area contributed by atoms with Gasteiger partial charge in [-0.05, 0) is 49.3 Å². The third kappa shape index (κ3) is 9.96. The molecule has 7 heteroatoms. The molecule has 0 saturated heterocycles. The van der Waals surface area contributed by atoms with Gasteiger partial charge in [0.2, 0.25) is 5.91 Å². The summed E-state index contributed by atoms with van der Waals surface area (Å²) in [5.41, 5.74) is 6.74. The van der Waals surface area contributed by atoms with Gasteiger partial charge in [0, 0.05) is 25.3 Å². The van der Waals surface area contributed by atoms with Crippen LogP contribution in [0.2, 0.25) is 0 Å². The van der Waals surface area contributed by atoms with E-state index < -0.39 is 5.91 Å². The Bertz CT molecular complexity index is 564. The van der Waals surface area contributed by atoms with Crippen molar-refractivity contribution >= 4 is 35.8 Å². The van der Waals surface area contributed by atoms with E-state index in [0.29, 0.717) is 23.9 Å². The number of aliphatic hydroxyl groups excluding tert-OH is 1. The van der Waals surface area contributed by atoms with Gasteiger partial charge in [-0.15, -0.1) is 24.0 Å². The van der Waals surface area contributed by atoms with Gasteiger partial charge in [-0.25, -0.2) is 4.99 Å². The fourth-order valence-corrected chi connectivity index (χ4v) is 2.73. The summed E-state index contributed by atoms with van der Waals surface area (Å²) in [6.07, 6.45) is 1.85. The molecule has 0 heterocycles. The van der Waals surface area contributed by atoms with Crippen molar-refractivity contribution in [3.05, 3.63) is 35.4 Å². The number of rotatable bonds is 10. The Hall–Kier alpha value is -1.35. The first-order valence-corrected chi connectivity index (χ1v) is 8.98. The van der Waals surface area contributed by atoms with Crippen LogP contribution in [0.5, 0.6) is 0 Å². The van der Waals surface area contributed by atoms with E-state index in [9.17, 15) is 9.90 Å². The number of aliphatic hydroxyl groups is 1. The number of nitrogens with two attached hydrogens (primary N) is 1. The number of hydrogen-bond donors (Lipinski definition) is 4. The van der Waals surface area contributed by atoms with Gasteiger partial charge in [-0.1, -0.05) is 26.0 Å². The zero-order valence-electron chi connectivity index (χ0n) is 16.0. The highest BCUT2D eigenvalue weighted by molar-refractivity contribution is 14.0. The van der Waals surface area contributed by atoms with Crippen molar-refractivity contribution in [1.82, 2.24) is 10.6 Å². The van der Waals surface area contributed by atoms with Gasteiger partial charge in [-0.3, -0.25) is 4.79 Å². The zero-order chi connectivity index (χ0) is 18.7. The van der Waals surface area contributed by atoms with Crippen LogP contribution in [0.25, 0.3) is 0 Å². The van der Waals surface area contributed by atoms with Crippen molar-refractivity contribution < 1.29 is 9.90 Å². The van der Waals surface area contributed by atoms with Gasteiger partial charge in [0.05, 0.1) is 6.54 Å². The lowest BCUT2D eigenvalue weighted by Gasteiger charge is -2.20. The standard InChI is InChI=1S/C19H32N4O2.HI/c1-4-21-19(23-13-16(8-9-24)10-14(2)3)22-12-15-6-5-7-17(11-15)18(20)25;/h5-7,11,14,16,24H,4,8-10,12-13H2,1-3H3,(H2,20,25)(H2,21,22,23);1H. The highest BCUT2D eigenvalue weighted by Gasteiger charge is 2.11. The largest absolute Gasteiger partial charge is 0.396 e. The average molecular weight is 476 g/mol. The summed E-state index contributed by atoms with van der Waals surface area (Å²) >= 11 is 0. The van der Waals surface area contributed by atoms with E-state index in [1.807, 2.05) is 19.1 Å². The number of benzene rings is 1. The molecular weight excluding hydrogens is 443 g/mol. The maximum Gasteiger partial charge on any atom is 0.248 e. The first kappa shape index (κ1) is 24.7. The fraction of sp³-hybridized carbons (Fsp3) is 0.579. The zero-order valence-corrected chi connectivity index (χ0v) is 18.3. The molecule has 1 atom stereocenters. The molecule has 148 valence electrons. The van der Waals surface area contributed by atoms with Gasteiger partial charge < -0.3 is 21.5 Å². The van der Waals surface area contributed by atoms with Crippen LogP contribution < -0.4 is 16.4 Å². The van der Waals surface area contributed by atoms with E-state index in [0.717, 1.165) is 37.5 Å². The molecule has 1 rings (SSSR count). The summed E-state index contributed by atoms with van der Waals surface area (Å²) in [4.78, 5) is 15.8. The molecule has 0 aliphatic carbocycles. The Morgan fingerprint density at radius 2 is 2.04 bits per heavy atom. The number of aliphatic imine (C=N–C) groups is 1. The van der Waals surface area contributed by atoms with E-state index in [1.54, 1.807) is 12.1 Å². The van der Waals surface area contributed by atoms with Gasteiger partial charge in [0.1, 0.15) is 0 Å². The van der Waals surface area contributed by atoms with Gasteiger partial charge >= 0.3 is 0 Å². The Balaban J connectivity index is 0.00000625. The Kier molecular flexibility index (Phi) is 13.1. The summed E-state index contributed by atoms with van der Waals surface area (Å²) < 4.78 is 0. The first-order chi connectivity index (χ1) is 12.0. The summed E-state index contributed by atoms with van der Waals surface area (Å²) in [5, 5.41) is 15.8. The minimum absolute atomic E-state index is 0. The molecule has 0 aromatic heterocycles. The molecule has 1 aromatic rings. The molecule has 1 amide bonds. The molecule has 0 bridgehead atoms. The van der Waals surface area contributed by atoms with E-state index in [-0.39, 0.29) is 30.6 Å². The van der Waals surface area contributed by atoms with Crippen molar-refractivity contribution in [2.45, 2.75) is 40.2 Å². The third-order valence-electron chi connectivity index (χ3n) is 3.88. The van der Waals surface area contributed by atoms with Crippen LogP contribution in [0, 0.1) is 11.8 Å². The second kappa shape index (κ2) is 13.8. The fourth-order valence-electron chi connectivity index (χ4n) is 2.73. The molecule has 1 unspecified atom stereocenters. The monoisotopic (exact) mass is 476 g/mol. The van der Waals surface area contributed by atoms with E-state index in [4.69, 9.17) is 5.73 Å². The lowest BCUT2D eigenvalue weighted by atomic mass is 9.94. The number of halogens is 1. The Morgan fingerprint density at radius 3 is 2.62 bits per heavy atom. The van der Waals surface area contributed by atoms with Crippen LogP contribution in [0.15, 0.2) is 29.3 Å². The topological polar surface area (TPSA) is 99.7 Å². The van der Waals surface area contributed by atoms with Crippen LogP contribution in [-0.2, 0) is 6.54 Å². The van der Waals surface area contributed by atoms with Crippen LogP contribution in [0.3, 0.4) is 0 Å². The van der Waals surface area contributed by atoms with Gasteiger partial charge in [0.25, 0.3) is 0 Å². The maximum absolute atomic E-state index is 11.3. The number of carbonyl (C=O) groups is 1. The second-order valence-electron chi connectivity index (χ2n) is 6.65. The maximum atomic E-state index is 11.3. The summed E-state index contributed by atoms with van der Waals surface area (Å²) in [5.74, 6) is 1.30. The molecule has 5 N–H and O–H groups in total. The molecule has 0 spiro atoms. The number of primary amides is 1. The van der Waals surface area contributed by atoms with Crippen molar-refractivity contribution in [2.75, 3.05) is 19.7 Å². The molecule has 0 saturated carbocycles. The van der Waals surface area contributed by atoms with Crippen LogP contribution in [0.1, 0.15) is 49.5 Å². The van der Waals surface area contributed by atoms with Crippen molar-refractivity contribution in [3.63, 3.8) is 0 Å². The smallest absolute Gasteiger partial charge is 0.248 e. The number of carbonyl (C=O) groups excluding carboxylic acids is 1. The molecule has 0 aliphatic rings. The van der Waals surface area contributed by atoms with Crippen molar-refractivity contribution in [2.24, 2.45) is 22.6 Å². The van der Waals surface area contributed by atoms with Crippen molar-refractivity contribution in [1.29, 1.82) is 0 Å². The normalized spacial score (nSPS) is 12.4. The molecule has 0 fully saturated rings. The number of nitrogens with zero attached hydrogens (tertiary/aromatic N) is 1. The molecule has 0 aliphatic heterocycles. The second-order valence-corrected chi connectivity index (χ2v) is 6.65.